The Hall–Kier alpha value is -0.770. The van der Waals surface area contributed by atoms with E-state index in [4.69, 9.17) is 16.0 Å². The number of rotatable bonds is 4. The fourth-order valence-corrected chi connectivity index (χ4v) is 1.04. The molecule has 0 fully saturated rings. The third kappa shape index (κ3) is 2.18. The highest BCUT2D eigenvalue weighted by Gasteiger charge is 2.25. The molecule has 0 aliphatic heterocycles. The van der Waals surface area contributed by atoms with Gasteiger partial charge < -0.3 is 9.32 Å². The Labute approximate surface area is 89.3 Å². The number of halogens is 1. The van der Waals surface area contributed by atoms with E-state index in [-0.39, 0.29) is 11.4 Å². The van der Waals surface area contributed by atoms with Gasteiger partial charge in [-0.1, -0.05) is 12.0 Å². The average molecular weight is 218 g/mol. The Kier molecular flexibility index (Phi) is 3.37. The van der Waals surface area contributed by atoms with E-state index in [0.717, 1.165) is 6.42 Å². The number of aromatic nitrogens is 2. The van der Waals surface area contributed by atoms with Crippen LogP contribution in [0.1, 0.15) is 33.1 Å². The quantitative estimate of drug-likeness (QED) is 0.727. The van der Waals surface area contributed by atoms with E-state index in [2.05, 4.69) is 31.0 Å². The number of hydrogen-bond donors (Lipinski definition) is 0. The molecule has 0 saturated heterocycles. The van der Waals surface area contributed by atoms with Crippen LogP contribution >= 0.6 is 11.6 Å². The van der Waals surface area contributed by atoms with Crippen LogP contribution in [0.3, 0.4) is 0 Å². The minimum atomic E-state index is 0.0100. The van der Waals surface area contributed by atoms with Gasteiger partial charge in [-0.15, -0.1) is 16.7 Å². The van der Waals surface area contributed by atoms with Crippen LogP contribution < -0.4 is 4.90 Å². The zero-order valence-corrected chi connectivity index (χ0v) is 9.80. The standard InChI is InChI=1S/C9H16ClN3O/c1-5-9(2,3)13(4)8-12-11-7(6-10)14-8/h5-6H2,1-4H3. The summed E-state index contributed by atoms with van der Waals surface area (Å²) in [4.78, 5) is 1.97. The van der Waals surface area contributed by atoms with Crippen LogP contribution in [0.15, 0.2) is 4.42 Å². The Morgan fingerprint density at radius 1 is 1.43 bits per heavy atom. The van der Waals surface area contributed by atoms with E-state index < -0.39 is 0 Å². The molecule has 0 aliphatic rings. The van der Waals surface area contributed by atoms with Crippen LogP contribution in [0.5, 0.6) is 0 Å². The lowest BCUT2D eigenvalue weighted by molar-refractivity contribution is 0.416. The molecule has 4 nitrogen and oxygen atoms in total. The molecule has 0 saturated carbocycles. The summed E-state index contributed by atoms with van der Waals surface area (Å²) in [5.41, 5.74) is 0.0100. The Morgan fingerprint density at radius 2 is 2.07 bits per heavy atom. The molecule has 0 bridgehead atoms. The molecular formula is C9H16ClN3O. The molecule has 0 radical (unpaired) electrons. The second-order valence-corrected chi connectivity index (χ2v) is 4.10. The summed E-state index contributed by atoms with van der Waals surface area (Å²) >= 11 is 5.58. The summed E-state index contributed by atoms with van der Waals surface area (Å²) in [5.74, 6) is 0.716. The summed E-state index contributed by atoms with van der Waals surface area (Å²) in [6.45, 7) is 6.37. The van der Waals surface area contributed by atoms with E-state index in [1.165, 1.54) is 0 Å². The first-order chi connectivity index (χ1) is 6.51. The lowest BCUT2D eigenvalue weighted by Gasteiger charge is -2.32. The molecule has 0 unspecified atom stereocenters. The minimum Gasteiger partial charge on any atom is -0.407 e. The van der Waals surface area contributed by atoms with Crippen LogP contribution in [0.25, 0.3) is 0 Å². The van der Waals surface area contributed by atoms with E-state index >= 15 is 0 Å². The number of alkyl halides is 1. The van der Waals surface area contributed by atoms with Crippen molar-refractivity contribution in [3.05, 3.63) is 5.89 Å². The van der Waals surface area contributed by atoms with Gasteiger partial charge in [0.25, 0.3) is 0 Å². The van der Waals surface area contributed by atoms with Gasteiger partial charge in [-0.3, -0.25) is 0 Å². The molecule has 1 heterocycles. The average Bonchev–Trinajstić information content (AvgIpc) is 2.64. The van der Waals surface area contributed by atoms with Gasteiger partial charge in [0.2, 0.25) is 5.89 Å². The van der Waals surface area contributed by atoms with Crippen molar-refractivity contribution in [2.75, 3.05) is 11.9 Å². The van der Waals surface area contributed by atoms with Gasteiger partial charge in [0, 0.05) is 12.6 Å². The second kappa shape index (κ2) is 4.17. The minimum absolute atomic E-state index is 0.0100. The molecular weight excluding hydrogens is 202 g/mol. The van der Waals surface area contributed by atoms with Crippen molar-refractivity contribution in [2.45, 2.75) is 38.6 Å². The van der Waals surface area contributed by atoms with Gasteiger partial charge in [-0.25, -0.2) is 0 Å². The largest absolute Gasteiger partial charge is 0.407 e. The molecule has 1 rings (SSSR count). The van der Waals surface area contributed by atoms with Gasteiger partial charge in [0.1, 0.15) is 5.88 Å². The monoisotopic (exact) mass is 217 g/mol. The third-order valence-electron chi connectivity index (χ3n) is 2.63. The fraction of sp³-hybridized carbons (Fsp3) is 0.778. The summed E-state index contributed by atoms with van der Waals surface area (Å²) < 4.78 is 5.35. The van der Waals surface area contributed by atoms with E-state index in [1.54, 1.807) is 0 Å². The maximum absolute atomic E-state index is 5.58. The van der Waals surface area contributed by atoms with Crippen LogP contribution in [-0.2, 0) is 5.88 Å². The van der Waals surface area contributed by atoms with Crippen molar-refractivity contribution < 1.29 is 4.42 Å². The molecule has 0 atom stereocenters. The highest BCUT2D eigenvalue weighted by Crippen LogP contribution is 2.23. The first-order valence-electron chi connectivity index (χ1n) is 4.63. The Bertz CT molecular complexity index is 298. The molecule has 1 aromatic heterocycles. The smallest absolute Gasteiger partial charge is 0.318 e. The number of nitrogens with zero attached hydrogens (tertiary/aromatic N) is 3. The second-order valence-electron chi connectivity index (χ2n) is 3.84. The first kappa shape index (κ1) is 11.3. The van der Waals surface area contributed by atoms with Crippen LogP contribution in [0.2, 0.25) is 0 Å². The molecule has 0 amide bonds. The number of anilines is 1. The SMILES string of the molecule is CCC(C)(C)N(C)c1nnc(CCl)o1. The lowest BCUT2D eigenvalue weighted by atomic mass is 10.0. The summed E-state index contributed by atoms with van der Waals surface area (Å²) in [6, 6.07) is 0.521. The van der Waals surface area contributed by atoms with Crippen molar-refractivity contribution in [3.8, 4) is 0 Å². The molecule has 0 aromatic carbocycles. The predicted octanol–water partition coefficient (Wildman–Crippen LogP) is 2.43. The van der Waals surface area contributed by atoms with E-state index in [0.29, 0.717) is 11.9 Å². The molecule has 1 aromatic rings. The predicted molar refractivity (Wildman–Crippen MR) is 56.6 cm³/mol. The highest BCUT2D eigenvalue weighted by molar-refractivity contribution is 6.16. The lowest BCUT2D eigenvalue weighted by Crippen LogP contribution is -2.40. The van der Waals surface area contributed by atoms with Gasteiger partial charge >= 0.3 is 6.01 Å². The molecule has 0 aliphatic carbocycles. The molecule has 14 heavy (non-hydrogen) atoms. The van der Waals surface area contributed by atoms with Crippen LogP contribution in [-0.4, -0.2) is 22.8 Å². The van der Waals surface area contributed by atoms with Crippen LogP contribution in [0, 0.1) is 0 Å². The Morgan fingerprint density at radius 3 is 2.50 bits per heavy atom. The van der Waals surface area contributed by atoms with Gasteiger partial charge in [0.15, 0.2) is 0 Å². The number of hydrogen-bond acceptors (Lipinski definition) is 4. The van der Waals surface area contributed by atoms with Gasteiger partial charge in [-0.2, -0.15) is 0 Å². The summed E-state index contributed by atoms with van der Waals surface area (Å²) in [7, 11) is 1.94. The Balaban J connectivity index is 2.83. The van der Waals surface area contributed by atoms with Crippen molar-refractivity contribution >= 4 is 17.6 Å². The maximum Gasteiger partial charge on any atom is 0.318 e. The molecule has 5 heteroatoms. The van der Waals surface area contributed by atoms with Crippen molar-refractivity contribution in [1.29, 1.82) is 0 Å². The molecule has 0 N–H and O–H groups in total. The topological polar surface area (TPSA) is 42.2 Å². The van der Waals surface area contributed by atoms with Crippen molar-refractivity contribution in [3.63, 3.8) is 0 Å². The summed E-state index contributed by atoms with van der Waals surface area (Å²) in [5, 5.41) is 7.74. The summed E-state index contributed by atoms with van der Waals surface area (Å²) in [6.07, 6.45) is 1.00. The first-order valence-corrected chi connectivity index (χ1v) is 5.17. The van der Waals surface area contributed by atoms with Gasteiger partial charge in [0.05, 0.1) is 0 Å². The zero-order chi connectivity index (χ0) is 10.8. The maximum atomic E-state index is 5.58. The molecule has 0 spiro atoms. The van der Waals surface area contributed by atoms with Crippen molar-refractivity contribution in [1.82, 2.24) is 10.2 Å². The van der Waals surface area contributed by atoms with Gasteiger partial charge in [-0.05, 0) is 20.3 Å². The normalized spacial score (nSPS) is 11.8. The molecule has 80 valence electrons. The zero-order valence-electron chi connectivity index (χ0n) is 9.04. The fourth-order valence-electron chi connectivity index (χ4n) is 0.930. The highest BCUT2D eigenvalue weighted by atomic mass is 35.5. The van der Waals surface area contributed by atoms with Crippen LogP contribution in [0.4, 0.5) is 6.01 Å². The van der Waals surface area contributed by atoms with E-state index in [1.807, 2.05) is 11.9 Å². The van der Waals surface area contributed by atoms with E-state index in [9.17, 15) is 0 Å². The third-order valence-corrected chi connectivity index (χ3v) is 2.86. The van der Waals surface area contributed by atoms with Crippen molar-refractivity contribution in [2.24, 2.45) is 0 Å².